The largest absolute Gasteiger partial charge is 0.493 e. The average molecular weight is 233 g/mol. The molecule has 17 heavy (non-hydrogen) atoms. The molecule has 0 bridgehead atoms. The minimum atomic E-state index is 0.300. The Morgan fingerprint density at radius 2 is 2.24 bits per heavy atom. The van der Waals surface area contributed by atoms with Gasteiger partial charge in [0.2, 0.25) is 6.08 Å². The maximum Gasteiger partial charge on any atom is 0.235 e. The van der Waals surface area contributed by atoms with Gasteiger partial charge in [-0.3, -0.25) is 0 Å². The predicted molar refractivity (Wildman–Crippen MR) is 63.1 cm³/mol. The maximum absolute atomic E-state index is 10.1. The first-order valence-corrected chi connectivity index (χ1v) is 5.70. The molecule has 4 nitrogen and oxygen atoms in total. The summed E-state index contributed by atoms with van der Waals surface area (Å²) in [4.78, 5) is 13.6. The first kappa shape index (κ1) is 11.7. The van der Waals surface area contributed by atoms with Gasteiger partial charge in [-0.25, -0.2) is 9.79 Å². The number of ether oxygens (including phenoxy) is 2. The van der Waals surface area contributed by atoms with Crippen molar-refractivity contribution in [3.63, 3.8) is 0 Å². The molecule has 90 valence electrons. The Bertz CT molecular complexity index is 434. The van der Waals surface area contributed by atoms with Crippen molar-refractivity contribution in [3.8, 4) is 11.5 Å². The third-order valence-corrected chi connectivity index (χ3v) is 2.90. The summed E-state index contributed by atoms with van der Waals surface area (Å²) in [5.41, 5.74) is 0.920. The molecule has 0 heterocycles. The number of isocyanates is 1. The number of methoxy groups -OCH3 is 1. The Morgan fingerprint density at radius 1 is 1.41 bits per heavy atom. The zero-order chi connectivity index (χ0) is 12.1. The molecule has 0 saturated heterocycles. The van der Waals surface area contributed by atoms with Crippen molar-refractivity contribution < 1.29 is 14.3 Å². The van der Waals surface area contributed by atoms with Crippen LogP contribution >= 0.6 is 0 Å². The minimum Gasteiger partial charge on any atom is -0.493 e. The van der Waals surface area contributed by atoms with Gasteiger partial charge in [-0.15, -0.1) is 0 Å². The van der Waals surface area contributed by atoms with Crippen LogP contribution in [0.1, 0.15) is 24.8 Å². The summed E-state index contributed by atoms with van der Waals surface area (Å²) in [6.45, 7) is 0.328. The summed E-state index contributed by atoms with van der Waals surface area (Å²) in [7, 11) is 1.62. The lowest BCUT2D eigenvalue weighted by atomic mass is 9.96. The van der Waals surface area contributed by atoms with Crippen LogP contribution in [0.15, 0.2) is 23.2 Å². The molecule has 1 aromatic carbocycles. The van der Waals surface area contributed by atoms with Crippen LogP contribution in [0.2, 0.25) is 0 Å². The van der Waals surface area contributed by atoms with Gasteiger partial charge < -0.3 is 9.47 Å². The van der Waals surface area contributed by atoms with Crippen molar-refractivity contribution in [2.75, 3.05) is 7.11 Å². The highest BCUT2D eigenvalue weighted by molar-refractivity contribution is 5.43. The number of aliphatic imine (C=N–C) groups is 1. The maximum atomic E-state index is 10.1. The molecular formula is C13H15NO3. The highest BCUT2D eigenvalue weighted by Crippen LogP contribution is 2.33. The fraction of sp³-hybridized carbons (Fsp3) is 0.462. The van der Waals surface area contributed by atoms with Crippen molar-refractivity contribution in [2.24, 2.45) is 4.99 Å². The van der Waals surface area contributed by atoms with E-state index in [2.05, 4.69) is 4.99 Å². The van der Waals surface area contributed by atoms with Gasteiger partial charge >= 0.3 is 0 Å². The van der Waals surface area contributed by atoms with E-state index in [1.807, 2.05) is 18.2 Å². The summed E-state index contributed by atoms with van der Waals surface area (Å²) >= 11 is 0. The quantitative estimate of drug-likeness (QED) is 0.579. The van der Waals surface area contributed by atoms with E-state index in [-0.39, 0.29) is 0 Å². The normalized spacial score (nSPS) is 14.6. The minimum absolute atomic E-state index is 0.300. The molecular weight excluding hydrogens is 218 g/mol. The van der Waals surface area contributed by atoms with Crippen LogP contribution in [0.5, 0.6) is 11.5 Å². The van der Waals surface area contributed by atoms with Crippen LogP contribution in [0, 0.1) is 0 Å². The Hall–Kier alpha value is -1.80. The Kier molecular flexibility index (Phi) is 3.78. The summed E-state index contributed by atoms with van der Waals surface area (Å²) in [6.07, 6.45) is 5.25. The second kappa shape index (κ2) is 5.51. The van der Waals surface area contributed by atoms with Gasteiger partial charge in [-0.2, -0.15) is 0 Å². The van der Waals surface area contributed by atoms with E-state index in [4.69, 9.17) is 9.47 Å². The number of hydrogen-bond acceptors (Lipinski definition) is 4. The number of hydrogen-bond donors (Lipinski definition) is 0. The van der Waals surface area contributed by atoms with Crippen molar-refractivity contribution in [1.82, 2.24) is 0 Å². The number of benzene rings is 1. The summed E-state index contributed by atoms with van der Waals surface area (Å²) in [5.74, 6) is 1.45. The lowest BCUT2D eigenvalue weighted by Crippen LogP contribution is -2.24. The van der Waals surface area contributed by atoms with E-state index < -0.39 is 0 Å². The molecule has 1 saturated carbocycles. The zero-order valence-electron chi connectivity index (χ0n) is 9.81. The van der Waals surface area contributed by atoms with E-state index in [9.17, 15) is 4.79 Å². The molecule has 0 amide bonds. The van der Waals surface area contributed by atoms with Gasteiger partial charge in [0.1, 0.15) is 0 Å². The monoisotopic (exact) mass is 233 g/mol. The summed E-state index contributed by atoms with van der Waals surface area (Å²) in [5, 5.41) is 0. The van der Waals surface area contributed by atoms with Crippen molar-refractivity contribution >= 4 is 6.08 Å². The Morgan fingerprint density at radius 3 is 2.82 bits per heavy atom. The SMILES string of the molecule is COc1ccc(CN=C=O)cc1OC1CCC1. The number of rotatable bonds is 5. The van der Waals surface area contributed by atoms with Crippen LogP contribution in [0.3, 0.4) is 0 Å². The van der Waals surface area contributed by atoms with Gasteiger partial charge in [-0.1, -0.05) is 6.07 Å². The molecule has 2 rings (SSSR count). The molecule has 0 N–H and O–H groups in total. The van der Waals surface area contributed by atoms with Crippen LogP contribution in [0.4, 0.5) is 0 Å². The third-order valence-electron chi connectivity index (χ3n) is 2.90. The third kappa shape index (κ3) is 2.86. The molecule has 0 aromatic heterocycles. The lowest BCUT2D eigenvalue weighted by Gasteiger charge is -2.27. The lowest BCUT2D eigenvalue weighted by molar-refractivity contribution is 0.116. The molecule has 1 aliphatic rings. The second-order valence-electron chi connectivity index (χ2n) is 4.06. The standard InChI is InChI=1S/C13H15NO3/c1-16-12-6-5-10(8-14-9-15)7-13(12)17-11-3-2-4-11/h5-7,11H,2-4,8H2,1H3. The van der Waals surface area contributed by atoms with Gasteiger partial charge in [0.25, 0.3) is 0 Å². The summed E-state index contributed by atoms with van der Waals surface area (Å²) in [6, 6.07) is 5.58. The smallest absolute Gasteiger partial charge is 0.235 e. The van der Waals surface area contributed by atoms with E-state index in [0.29, 0.717) is 12.6 Å². The van der Waals surface area contributed by atoms with Crippen LogP contribution < -0.4 is 9.47 Å². The summed E-state index contributed by atoms with van der Waals surface area (Å²) < 4.78 is 11.1. The average Bonchev–Trinajstić information content (AvgIpc) is 2.31. The molecule has 1 fully saturated rings. The highest BCUT2D eigenvalue weighted by atomic mass is 16.5. The van der Waals surface area contributed by atoms with E-state index in [1.54, 1.807) is 7.11 Å². The van der Waals surface area contributed by atoms with Crippen molar-refractivity contribution in [3.05, 3.63) is 23.8 Å². The topological polar surface area (TPSA) is 47.9 Å². The van der Waals surface area contributed by atoms with Crippen LogP contribution in [-0.4, -0.2) is 19.3 Å². The molecule has 4 heteroatoms. The molecule has 0 atom stereocenters. The Labute approximate surface area is 100 Å². The van der Waals surface area contributed by atoms with E-state index >= 15 is 0 Å². The second-order valence-corrected chi connectivity index (χ2v) is 4.06. The molecule has 0 aliphatic heterocycles. The molecule has 0 radical (unpaired) electrons. The molecule has 1 aliphatic carbocycles. The van der Waals surface area contributed by atoms with E-state index in [0.717, 1.165) is 29.9 Å². The predicted octanol–water partition coefficient (Wildman–Crippen LogP) is 2.46. The van der Waals surface area contributed by atoms with Crippen molar-refractivity contribution in [2.45, 2.75) is 31.9 Å². The molecule has 0 spiro atoms. The Balaban J connectivity index is 2.15. The first-order valence-electron chi connectivity index (χ1n) is 5.70. The van der Waals surface area contributed by atoms with Gasteiger partial charge in [0.15, 0.2) is 11.5 Å². The van der Waals surface area contributed by atoms with Gasteiger partial charge in [-0.05, 0) is 37.0 Å². The molecule has 1 aromatic rings. The van der Waals surface area contributed by atoms with Crippen LogP contribution in [-0.2, 0) is 11.3 Å². The van der Waals surface area contributed by atoms with Gasteiger partial charge in [0, 0.05) is 0 Å². The molecule has 0 unspecified atom stereocenters. The number of carbonyl (C=O) groups excluding carboxylic acids is 1. The van der Waals surface area contributed by atoms with Gasteiger partial charge in [0.05, 0.1) is 19.8 Å². The van der Waals surface area contributed by atoms with Crippen molar-refractivity contribution in [1.29, 1.82) is 0 Å². The fourth-order valence-corrected chi connectivity index (χ4v) is 1.70. The fourth-order valence-electron chi connectivity index (χ4n) is 1.70. The van der Waals surface area contributed by atoms with E-state index in [1.165, 1.54) is 12.5 Å². The zero-order valence-corrected chi connectivity index (χ0v) is 9.81. The number of nitrogens with zero attached hydrogens (tertiary/aromatic N) is 1. The first-order chi connectivity index (χ1) is 8.33. The highest BCUT2D eigenvalue weighted by Gasteiger charge is 2.20. The van der Waals surface area contributed by atoms with Crippen LogP contribution in [0.25, 0.3) is 0 Å².